The Labute approximate surface area is 122 Å². The van der Waals surface area contributed by atoms with Gasteiger partial charge in [0.05, 0.1) is 0 Å². The van der Waals surface area contributed by atoms with E-state index in [9.17, 15) is 0 Å². The minimum absolute atomic E-state index is 0.580. The molecule has 2 heterocycles. The predicted octanol–water partition coefficient (Wildman–Crippen LogP) is 2.07. The summed E-state index contributed by atoms with van der Waals surface area (Å²) in [6, 6.07) is 12.8. The molecule has 2 aliphatic rings. The highest BCUT2D eigenvalue weighted by atomic mass is 16.5. The van der Waals surface area contributed by atoms with E-state index >= 15 is 0 Å². The first-order valence-corrected chi connectivity index (χ1v) is 7.94. The molecule has 3 rings (SSSR count). The third kappa shape index (κ3) is 3.40. The lowest BCUT2D eigenvalue weighted by Gasteiger charge is -2.44. The number of nitrogens with zero attached hydrogens (tertiary/aromatic N) is 1. The third-order valence-electron chi connectivity index (χ3n) is 4.68. The van der Waals surface area contributed by atoms with Crippen molar-refractivity contribution in [2.75, 3.05) is 26.3 Å². The van der Waals surface area contributed by atoms with Gasteiger partial charge in [-0.15, -0.1) is 0 Å². The second-order valence-corrected chi connectivity index (χ2v) is 6.18. The first-order chi connectivity index (χ1) is 9.83. The van der Waals surface area contributed by atoms with Crippen molar-refractivity contribution < 1.29 is 4.74 Å². The van der Waals surface area contributed by atoms with Crippen LogP contribution in [0.3, 0.4) is 0 Å². The molecule has 0 bridgehead atoms. The van der Waals surface area contributed by atoms with Crippen LogP contribution in [0.4, 0.5) is 0 Å². The van der Waals surface area contributed by atoms with Crippen molar-refractivity contribution >= 4 is 0 Å². The number of ether oxygens (including phenoxy) is 1. The molecular weight excluding hydrogens is 248 g/mol. The standard InChI is InChI=1S/C17H26N2O/c1-14-12-18-16(11-15-5-3-2-4-6-15)13-19(14)17-7-9-20-10-8-17/h2-6,14,16-18H,7-13H2,1H3. The van der Waals surface area contributed by atoms with Gasteiger partial charge in [-0.25, -0.2) is 0 Å². The molecule has 2 aliphatic heterocycles. The Morgan fingerprint density at radius 3 is 2.70 bits per heavy atom. The van der Waals surface area contributed by atoms with E-state index in [4.69, 9.17) is 4.74 Å². The zero-order valence-corrected chi connectivity index (χ0v) is 12.4. The molecule has 0 aliphatic carbocycles. The average molecular weight is 274 g/mol. The summed E-state index contributed by atoms with van der Waals surface area (Å²) in [6.45, 7) is 6.49. The number of rotatable bonds is 3. The molecule has 3 heteroatoms. The maximum Gasteiger partial charge on any atom is 0.0480 e. The minimum atomic E-state index is 0.580. The van der Waals surface area contributed by atoms with Gasteiger partial charge >= 0.3 is 0 Å². The van der Waals surface area contributed by atoms with E-state index in [1.165, 1.54) is 24.9 Å². The molecule has 0 amide bonds. The summed E-state index contributed by atoms with van der Waals surface area (Å²) in [6.07, 6.45) is 3.53. The second kappa shape index (κ2) is 6.70. The highest BCUT2D eigenvalue weighted by Crippen LogP contribution is 2.20. The van der Waals surface area contributed by atoms with Crippen molar-refractivity contribution in [3.8, 4) is 0 Å². The van der Waals surface area contributed by atoms with Crippen molar-refractivity contribution in [2.24, 2.45) is 0 Å². The van der Waals surface area contributed by atoms with Gasteiger partial charge in [-0.1, -0.05) is 30.3 Å². The molecule has 1 N–H and O–H groups in total. The normalized spacial score (nSPS) is 29.4. The summed E-state index contributed by atoms with van der Waals surface area (Å²) in [5, 5.41) is 3.71. The molecule has 2 saturated heterocycles. The van der Waals surface area contributed by atoms with E-state index < -0.39 is 0 Å². The molecule has 0 radical (unpaired) electrons. The van der Waals surface area contributed by atoms with Crippen LogP contribution in [0.15, 0.2) is 30.3 Å². The Balaban J connectivity index is 1.60. The smallest absolute Gasteiger partial charge is 0.0480 e. The first kappa shape index (κ1) is 14.1. The first-order valence-electron chi connectivity index (χ1n) is 7.94. The quantitative estimate of drug-likeness (QED) is 0.913. The average Bonchev–Trinajstić information content (AvgIpc) is 2.51. The Hall–Kier alpha value is -0.900. The lowest BCUT2D eigenvalue weighted by molar-refractivity contribution is 0.00453. The molecular formula is C17H26N2O. The molecule has 1 aromatic carbocycles. The minimum Gasteiger partial charge on any atom is -0.381 e. The molecule has 0 spiro atoms. The van der Waals surface area contributed by atoms with E-state index in [2.05, 4.69) is 47.5 Å². The fourth-order valence-electron chi connectivity index (χ4n) is 3.51. The van der Waals surface area contributed by atoms with Gasteiger partial charge in [-0.2, -0.15) is 0 Å². The number of benzene rings is 1. The van der Waals surface area contributed by atoms with Crippen molar-refractivity contribution in [1.82, 2.24) is 10.2 Å². The van der Waals surface area contributed by atoms with Gasteiger partial charge in [-0.3, -0.25) is 4.90 Å². The molecule has 0 saturated carbocycles. The number of piperazine rings is 1. The van der Waals surface area contributed by atoms with Crippen LogP contribution in [0.1, 0.15) is 25.3 Å². The lowest BCUT2D eigenvalue weighted by Crippen LogP contribution is -2.59. The van der Waals surface area contributed by atoms with Gasteiger partial charge in [0.15, 0.2) is 0 Å². The number of hydrogen-bond donors (Lipinski definition) is 1. The van der Waals surface area contributed by atoms with Crippen LogP contribution in [-0.4, -0.2) is 49.3 Å². The predicted molar refractivity (Wildman–Crippen MR) is 81.9 cm³/mol. The summed E-state index contributed by atoms with van der Waals surface area (Å²) in [7, 11) is 0. The topological polar surface area (TPSA) is 24.5 Å². The van der Waals surface area contributed by atoms with E-state index in [0.717, 1.165) is 32.2 Å². The molecule has 3 nitrogen and oxygen atoms in total. The van der Waals surface area contributed by atoms with E-state index in [1.807, 2.05) is 0 Å². The molecule has 1 aromatic rings. The van der Waals surface area contributed by atoms with Crippen LogP contribution in [0.5, 0.6) is 0 Å². The zero-order chi connectivity index (χ0) is 13.8. The Bertz CT molecular complexity index is 403. The molecule has 0 aromatic heterocycles. The molecule has 2 unspecified atom stereocenters. The summed E-state index contributed by atoms with van der Waals surface area (Å²) < 4.78 is 5.51. The van der Waals surface area contributed by atoms with E-state index in [0.29, 0.717) is 12.1 Å². The van der Waals surface area contributed by atoms with Crippen molar-refractivity contribution in [2.45, 2.75) is 44.3 Å². The Morgan fingerprint density at radius 1 is 1.20 bits per heavy atom. The van der Waals surface area contributed by atoms with Gasteiger partial charge in [0.2, 0.25) is 0 Å². The summed E-state index contributed by atoms with van der Waals surface area (Å²) in [5.74, 6) is 0. The molecule has 20 heavy (non-hydrogen) atoms. The van der Waals surface area contributed by atoms with Gasteiger partial charge in [-0.05, 0) is 31.7 Å². The maximum atomic E-state index is 5.51. The van der Waals surface area contributed by atoms with Gasteiger partial charge in [0.1, 0.15) is 0 Å². The van der Waals surface area contributed by atoms with Crippen LogP contribution in [0.25, 0.3) is 0 Å². The van der Waals surface area contributed by atoms with Gasteiger partial charge in [0.25, 0.3) is 0 Å². The summed E-state index contributed by atoms with van der Waals surface area (Å²) in [4.78, 5) is 2.71. The lowest BCUT2D eigenvalue weighted by atomic mass is 9.98. The van der Waals surface area contributed by atoms with Crippen molar-refractivity contribution in [1.29, 1.82) is 0 Å². The van der Waals surface area contributed by atoms with Crippen molar-refractivity contribution in [3.63, 3.8) is 0 Å². The Morgan fingerprint density at radius 2 is 1.95 bits per heavy atom. The molecule has 2 fully saturated rings. The van der Waals surface area contributed by atoms with Crippen LogP contribution >= 0.6 is 0 Å². The fourth-order valence-corrected chi connectivity index (χ4v) is 3.51. The fraction of sp³-hybridized carbons (Fsp3) is 0.647. The largest absolute Gasteiger partial charge is 0.381 e. The number of hydrogen-bond acceptors (Lipinski definition) is 3. The molecule has 110 valence electrons. The van der Waals surface area contributed by atoms with Gasteiger partial charge in [0, 0.05) is 44.4 Å². The highest BCUT2D eigenvalue weighted by Gasteiger charge is 2.31. The van der Waals surface area contributed by atoms with Crippen molar-refractivity contribution in [3.05, 3.63) is 35.9 Å². The maximum absolute atomic E-state index is 5.51. The van der Waals surface area contributed by atoms with Crippen LogP contribution in [-0.2, 0) is 11.2 Å². The van der Waals surface area contributed by atoms with E-state index in [-0.39, 0.29) is 0 Å². The zero-order valence-electron chi connectivity index (χ0n) is 12.4. The van der Waals surface area contributed by atoms with E-state index in [1.54, 1.807) is 0 Å². The van der Waals surface area contributed by atoms with Crippen LogP contribution < -0.4 is 5.32 Å². The highest BCUT2D eigenvalue weighted by molar-refractivity contribution is 5.16. The number of nitrogens with one attached hydrogen (secondary N) is 1. The SMILES string of the molecule is CC1CNC(Cc2ccccc2)CN1C1CCOCC1. The summed E-state index contributed by atoms with van der Waals surface area (Å²) in [5.41, 5.74) is 1.44. The van der Waals surface area contributed by atoms with Gasteiger partial charge < -0.3 is 10.1 Å². The Kier molecular flexibility index (Phi) is 4.71. The molecule has 2 atom stereocenters. The van der Waals surface area contributed by atoms with Crippen LogP contribution in [0, 0.1) is 0 Å². The summed E-state index contributed by atoms with van der Waals surface area (Å²) >= 11 is 0. The van der Waals surface area contributed by atoms with Crippen LogP contribution in [0.2, 0.25) is 0 Å². The second-order valence-electron chi connectivity index (χ2n) is 6.18. The third-order valence-corrected chi connectivity index (χ3v) is 4.68. The monoisotopic (exact) mass is 274 g/mol.